The minimum Gasteiger partial charge on any atom is -0.484 e. The number of carbonyl (C=O) groups is 1. The number of hydrogen-bond acceptors (Lipinski definition) is 2. The Kier molecular flexibility index (Phi) is 4.73. The number of ether oxygens (including phenoxy) is 1. The van der Waals surface area contributed by atoms with Crippen LogP contribution in [0.3, 0.4) is 0 Å². The molecule has 0 spiro atoms. The molecule has 1 aromatic carbocycles. The molecular weight excluding hydrogens is 379 g/mol. The number of carboxylic acids is 1. The molecule has 0 bridgehead atoms. The molecule has 1 unspecified atom stereocenters. The van der Waals surface area contributed by atoms with Gasteiger partial charge in [-0.1, -0.05) is 17.7 Å². The summed E-state index contributed by atoms with van der Waals surface area (Å²) in [5.41, 5.74) is 0.973. The number of carboxylic acid groups (broad SMARTS) is 1. The summed E-state index contributed by atoms with van der Waals surface area (Å²) in [4.78, 5) is 11.3. The van der Waals surface area contributed by atoms with Crippen molar-refractivity contribution in [2.45, 2.75) is 32.3 Å². The predicted octanol–water partition coefficient (Wildman–Crippen LogP) is 4.44. The topological polar surface area (TPSA) is 46.5 Å². The van der Waals surface area contributed by atoms with Crippen molar-refractivity contribution in [3.8, 4) is 5.75 Å². The molecule has 2 rings (SSSR count). The van der Waals surface area contributed by atoms with Gasteiger partial charge in [-0.15, -0.1) is 0 Å². The first-order chi connectivity index (χ1) is 9.00. The largest absolute Gasteiger partial charge is 0.484 e. The summed E-state index contributed by atoms with van der Waals surface area (Å²) in [5, 5.41) is 9.73. The van der Waals surface area contributed by atoms with Crippen LogP contribution in [0.5, 0.6) is 5.75 Å². The second kappa shape index (κ2) is 6.13. The van der Waals surface area contributed by atoms with Crippen LogP contribution in [0.15, 0.2) is 18.2 Å². The van der Waals surface area contributed by atoms with Crippen LogP contribution in [0.25, 0.3) is 0 Å². The van der Waals surface area contributed by atoms with Crippen LogP contribution in [-0.4, -0.2) is 17.2 Å². The summed E-state index contributed by atoms with van der Waals surface area (Å²) in [6.45, 7) is 1.86. The molecule has 19 heavy (non-hydrogen) atoms. The summed E-state index contributed by atoms with van der Waals surface area (Å²) in [6.07, 6.45) is 7.04. The molecule has 0 radical (unpaired) electrons. The van der Waals surface area contributed by atoms with Gasteiger partial charge in [-0.05, 0) is 66.5 Å². The molecule has 0 amide bonds. The second-order valence-electron chi connectivity index (χ2n) is 4.49. The first kappa shape index (κ1) is 14.7. The van der Waals surface area contributed by atoms with E-state index in [4.69, 9.17) is 16.3 Å². The fraction of sp³-hybridized carbons (Fsp3) is 0.357. The molecule has 0 fully saturated rings. The van der Waals surface area contributed by atoms with Crippen LogP contribution in [0, 0.1) is 10.5 Å². The Labute approximate surface area is 130 Å². The minimum absolute atomic E-state index is 0.0547. The van der Waals surface area contributed by atoms with Gasteiger partial charge in [0.05, 0.1) is 3.57 Å². The molecule has 5 heteroatoms. The zero-order valence-corrected chi connectivity index (χ0v) is 13.4. The number of halogens is 2. The summed E-state index contributed by atoms with van der Waals surface area (Å²) < 4.78 is 6.65. The van der Waals surface area contributed by atoms with Crippen LogP contribution >= 0.6 is 34.2 Å². The Hall–Kier alpha value is -0.750. The van der Waals surface area contributed by atoms with E-state index in [1.54, 1.807) is 0 Å². The lowest BCUT2D eigenvalue weighted by molar-refractivity contribution is 0.0690. The molecule has 1 N–H and O–H groups in total. The molecule has 3 nitrogen and oxygen atoms in total. The zero-order chi connectivity index (χ0) is 14.0. The van der Waals surface area contributed by atoms with Crippen molar-refractivity contribution in [1.29, 1.82) is 0 Å². The fourth-order valence-corrected chi connectivity index (χ4v) is 3.07. The van der Waals surface area contributed by atoms with E-state index in [9.17, 15) is 9.90 Å². The highest BCUT2D eigenvalue weighted by Crippen LogP contribution is 2.35. The summed E-state index contributed by atoms with van der Waals surface area (Å²) in [5.74, 6) is -0.596. The lowest BCUT2D eigenvalue weighted by atomic mass is 10.0. The van der Waals surface area contributed by atoms with Gasteiger partial charge in [0.2, 0.25) is 0 Å². The van der Waals surface area contributed by atoms with Crippen molar-refractivity contribution >= 4 is 40.2 Å². The van der Waals surface area contributed by atoms with Crippen LogP contribution in [-0.2, 0) is 0 Å². The molecule has 0 aromatic heterocycles. The highest BCUT2D eigenvalue weighted by atomic mass is 127. The first-order valence-corrected chi connectivity index (χ1v) is 7.51. The van der Waals surface area contributed by atoms with Crippen molar-refractivity contribution in [2.75, 3.05) is 0 Å². The minimum atomic E-state index is -1.02. The average molecular weight is 393 g/mol. The smallest absolute Gasteiger partial charge is 0.339 e. The maximum absolute atomic E-state index is 11.3. The lowest BCUT2D eigenvalue weighted by Crippen LogP contribution is -2.18. The third-order valence-corrected chi connectivity index (χ3v) is 4.80. The SMILES string of the molecule is Cc1c(Cl)cc(C(=O)O)c(OC2C=CCCC2)c1I. The maximum atomic E-state index is 11.3. The first-order valence-electron chi connectivity index (χ1n) is 6.06. The van der Waals surface area contributed by atoms with Crippen molar-refractivity contribution < 1.29 is 14.6 Å². The van der Waals surface area contributed by atoms with Crippen molar-refractivity contribution in [2.24, 2.45) is 0 Å². The number of aromatic carboxylic acids is 1. The quantitative estimate of drug-likeness (QED) is 0.611. The van der Waals surface area contributed by atoms with Gasteiger partial charge < -0.3 is 9.84 Å². The molecular formula is C14H14ClIO3. The van der Waals surface area contributed by atoms with Crippen molar-refractivity contribution in [1.82, 2.24) is 0 Å². The van der Waals surface area contributed by atoms with Gasteiger partial charge in [0.15, 0.2) is 0 Å². The number of allylic oxidation sites excluding steroid dienone is 1. The summed E-state index contributed by atoms with van der Waals surface area (Å²) in [7, 11) is 0. The van der Waals surface area contributed by atoms with Gasteiger partial charge in [0.25, 0.3) is 0 Å². The van der Waals surface area contributed by atoms with E-state index < -0.39 is 5.97 Å². The van der Waals surface area contributed by atoms with Gasteiger partial charge in [0, 0.05) is 5.02 Å². The second-order valence-corrected chi connectivity index (χ2v) is 5.98. The van der Waals surface area contributed by atoms with E-state index >= 15 is 0 Å². The Morgan fingerprint density at radius 1 is 1.58 bits per heavy atom. The highest BCUT2D eigenvalue weighted by Gasteiger charge is 2.22. The van der Waals surface area contributed by atoms with Crippen LogP contribution in [0.2, 0.25) is 5.02 Å². The van der Waals surface area contributed by atoms with Crippen LogP contribution in [0.1, 0.15) is 35.2 Å². The normalized spacial score (nSPS) is 18.4. The molecule has 0 aliphatic heterocycles. The lowest BCUT2D eigenvalue weighted by Gasteiger charge is -2.21. The molecule has 1 aromatic rings. The summed E-state index contributed by atoms with van der Waals surface area (Å²) in [6, 6.07) is 1.46. The van der Waals surface area contributed by atoms with E-state index in [1.807, 2.05) is 13.0 Å². The number of benzene rings is 1. The van der Waals surface area contributed by atoms with E-state index in [0.29, 0.717) is 10.8 Å². The standard InChI is InChI=1S/C14H14ClIO3/c1-8-11(15)7-10(14(17)18)13(12(8)16)19-9-5-3-2-4-6-9/h3,5,7,9H,2,4,6H2,1H3,(H,17,18). The van der Waals surface area contributed by atoms with E-state index in [2.05, 4.69) is 28.7 Å². The van der Waals surface area contributed by atoms with Crippen molar-refractivity contribution in [3.63, 3.8) is 0 Å². The third kappa shape index (κ3) is 3.23. The fourth-order valence-electron chi connectivity index (χ4n) is 2.00. The van der Waals surface area contributed by atoms with Crippen molar-refractivity contribution in [3.05, 3.63) is 37.9 Å². The maximum Gasteiger partial charge on any atom is 0.339 e. The van der Waals surface area contributed by atoms with E-state index in [1.165, 1.54) is 6.07 Å². The number of rotatable bonds is 3. The van der Waals surface area contributed by atoms with Gasteiger partial charge in [-0.3, -0.25) is 0 Å². The monoisotopic (exact) mass is 392 g/mol. The Morgan fingerprint density at radius 3 is 2.89 bits per heavy atom. The summed E-state index contributed by atoms with van der Waals surface area (Å²) >= 11 is 8.13. The van der Waals surface area contributed by atoms with Gasteiger partial charge in [0.1, 0.15) is 17.4 Å². The molecule has 0 saturated heterocycles. The molecule has 0 heterocycles. The predicted molar refractivity (Wildman–Crippen MR) is 83.3 cm³/mol. The van der Waals surface area contributed by atoms with Crippen LogP contribution in [0.4, 0.5) is 0 Å². The third-order valence-electron chi connectivity index (χ3n) is 3.11. The molecule has 1 aliphatic carbocycles. The molecule has 102 valence electrons. The highest BCUT2D eigenvalue weighted by molar-refractivity contribution is 14.1. The molecule has 0 saturated carbocycles. The average Bonchev–Trinajstić information content (AvgIpc) is 2.40. The Morgan fingerprint density at radius 2 is 2.32 bits per heavy atom. The Bertz CT molecular complexity index is 540. The van der Waals surface area contributed by atoms with Crippen LogP contribution < -0.4 is 4.74 Å². The molecule has 1 aliphatic rings. The van der Waals surface area contributed by atoms with E-state index in [-0.39, 0.29) is 11.7 Å². The zero-order valence-electron chi connectivity index (χ0n) is 10.5. The van der Waals surface area contributed by atoms with Gasteiger partial charge in [-0.25, -0.2) is 4.79 Å². The molecule has 1 atom stereocenters. The van der Waals surface area contributed by atoms with Gasteiger partial charge >= 0.3 is 5.97 Å². The number of hydrogen-bond donors (Lipinski definition) is 1. The van der Waals surface area contributed by atoms with E-state index in [0.717, 1.165) is 28.4 Å². The van der Waals surface area contributed by atoms with Gasteiger partial charge in [-0.2, -0.15) is 0 Å². The Balaban J connectivity index is 2.42.